The summed E-state index contributed by atoms with van der Waals surface area (Å²) in [6, 6.07) is 3.22. The van der Waals surface area contributed by atoms with Crippen LogP contribution in [0.25, 0.3) is 0 Å². The van der Waals surface area contributed by atoms with Gasteiger partial charge in [-0.1, -0.05) is 6.92 Å². The van der Waals surface area contributed by atoms with Crippen molar-refractivity contribution in [2.75, 3.05) is 0 Å². The smallest absolute Gasteiger partial charge is 0.333 e. The first-order valence-electron chi connectivity index (χ1n) is 5.63. The van der Waals surface area contributed by atoms with Gasteiger partial charge in [0.25, 0.3) is 11.4 Å². The molecule has 2 atom stereocenters. The van der Waals surface area contributed by atoms with Crippen LogP contribution in [-0.4, -0.2) is 32.1 Å². The Bertz CT molecular complexity index is 525. The van der Waals surface area contributed by atoms with Crippen LogP contribution in [0.2, 0.25) is 0 Å². The number of carbonyl (C=O) groups is 1. The van der Waals surface area contributed by atoms with Gasteiger partial charge in [0.1, 0.15) is 5.56 Å². The Hall–Kier alpha value is -2.55. The molecule has 0 aliphatic heterocycles. The second kappa shape index (κ2) is 6.06. The van der Waals surface area contributed by atoms with Crippen molar-refractivity contribution >= 4 is 17.3 Å². The van der Waals surface area contributed by atoms with Gasteiger partial charge < -0.3 is 10.2 Å². The summed E-state index contributed by atoms with van der Waals surface area (Å²) in [7, 11) is 0. The Morgan fingerprint density at radius 3 is 2.00 bits per heavy atom. The maximum Gasteiger partial charge on any atom is 0.333 e. The van der Waals surface area contributed by atoms with E-state index >= 15 is 0 Å². The van der Waals surface area contributed by atoms with Gasteiger partial charge in [0, 0.05) is 18.1 Å². The minimum absolute atomic E-state index is 0.000833. The van der Waals surface area contributed by atoms with Gasteiger partial charge in [-0.3, -0.25) is 20.2 Å². The number of aliphatic hydroxyl groups is 1. The Balaban J connectivity index is 3.56. The van der Waals surface area contributed by atoms with Crippen molar-refractivity contribution in [1.29, 1.82) is 0 Å². The maximum absolute atomic E-state index is 11.0. The summed E-state index contributed by atoms with van der Waals surface area (Å²) in [5.41, 5.74) is -1.53. The summed E-state index contributed by atoms with van der Waals surface area (Å²) in [4.78, 5) is 31.1. The third-order valence-corrected chi connectivity index (χ3v) is 2.90. The van der Waals surface area contributed by atoms with Crippen LogP contribution in [-0.2, 0) is 4.79 Å². The molecule has 0 fully saturated rings. The molecule has 2 unspecified atom stereocenters. The highest BCUT2D eigenvalue weighted by atomic mass is 16.6. The fourth-order valence-electron chi connectivity index (χ4n) is 2.00. The van der Waals surface area contributed by atoms with Crippen molar-refractivity contribution in [3.63, 3.8) is 0 Å². The lowest BCUT2D eigenvalue weighted by Gasteiger charge is -2.18. The molecule has 2 N–H and O–H groups in total. The van der Waals surface area contributed by atoms with Gasteiger partial charge in [0.15, 0.2) is 6.10 Å². The highest BCUT2D eigenvalue weighted by Gasteiger charge is 2.37. The number of nitrogens with zero attached hydrogens (tertiary/aromatic N) is 2. The average Bonchev–Trinajstić information content (AvgIpc) is 2.38. The summed E-state index contributed by atoms with van der Waals surface area (Å²) in [5, 5.41) is 40.3. The lowest BCUT2D eigenvalue weighted by atomic mass is 9.88. The Labute approximate surface area is 112 Å². The number of hydrogen-bond acceptors (Lipinski definition) is 6. The van der Waals surface area contributed by atoms with E-state index in [-0.39, 0.29) is 12.0 Å². The largest absolute Gasteiger partial charge is 0.479 e. The van der Waals surface area contributed by atoms with Gasteiger partial charge in [-0.25, -0.2) is 4.79 Å². The van der Waals surface area contributed by atoms with Gasteiger partial charge in [-0.2, -0.15) is 0 Å². The lowest BCUT2D eigenvalue weighted by Crippen LogP contribution is -2.28. The van der Waals surface area contributed by atoms with Crippen molar-refractivity contribution < 1.29 is 24.9 Å². The zero-order chi connectivity index (χ0) is 15.4. The second-order valence-corrected chi connectivity index (χ2v) is 4.02. The molecule has 9 nitrogen and oxygen atoms in total. The number of aliphatic hydroxyl groups excluding tert-OH is 1. The molecule has 0 saturated carbocycles. The van der Waals surface area contributed by atoms with Crippen LogP contribution in [0.3, 0.4) is 0 Å². The predicted octanol–water partition coefficient (Wildman–Crippen LogP) is 1.44. The number of aliphatic carboxylic acids is 1. The average molecular weight is 284 g/mol. The molecule has 0 radical (unpaired) electrons. The maximum atomic E-state index is 11.0. The van der Waals surface area contributed by atoms with E-state index in [0.29, 0.717) is 0 Å². The Kier molecular flexibility index (Phi) is 4.70. The van der Waals surface area contributed by atoms with E-state index in [0.717, 1.165) is 18.2 Å². The Morgan fingerprint density at radius 1 is 1.25 bits per heavy atom. The summed E-state index contributed by atoms with van der Waals surface area (Å²) in [5.74, 6) is -2.83. The minimum atomic E-state index is -1.96. The van der Waals surface area contributed by atoms with Gasteiger partial charge in [-0.05, 0) is 12.5 Å². The van der Waals surface area contributed by atoms with Gasteiger partial charge in [0.05, 0.1) is 9.85 Å². The molecule has 0 saturated heterocycles. The van der Waals surface area contributed by atoms with Gasteiger partial charge >= 0.3 is 5.97 Å². The first-order valence-corrected chi connectivity index (χ1v) is 5.63. The van der Waals surface area contributed by atoms with Crippen molar-refractivity contribution in [3.8, 4) is 0 Å². The highest BCUT2D eigenvalue weighted by Crippen LogP contribution is 2.38. The minimum Gasteiger partial charge on any atom is -0.479 e. The summed E-state index contributed by atoms with van der Waals surface area (Å²) < 4.78 is 0. The van der Waals surface area contributed by atoms with Gasteiger partial charge in [0.2, 0.25) is 0 Å². The highest BCUT2D eigenvalue weighted by molar-refractivity contribution is 5.74. The van der Waals surface area contributed by atoms with E-state index in [1.54, 1.807) is 0 Å². The number of carboxylic acids is 1. The van der Waals surface area contributed by atoms with Crippen LogP contribution in [0.1, 0.15) is 24.8 Å². The van der Waals surface area contributed by atoms with E-state index in [1.807, 2.05) is 0 Å². The molecule has 108 valence electrons. The summed E-state index contributed by atoms with van der Waals surface area (Å²) in [6.07, 6.45) is -1.96. The molecule has 0 amide bonds. The van der Waals surface area contributed by atoms with Crippen LogP contribution in [0.5, 0.6) is 0 Å². The molecule has 1 aromatic carbocycles. The van der Waals surface area contributed by atoms with Crippen LogP contribution < -0.4 is 0 Å². The van der Waals surface area contributed by atoms with Crippen molar-refractivity contribution in [2.24, 2.45) is 0 Å². The standard InChI is InChI=1S/C11H12N2O7/c1-2-6(10(14)11(15)16)9-7(12(17)18)4-3-5-8(9)13(19)20/h3-6,10,14H,2H2,1H3,(H,15,16). The van der Waals surface area contributed by atoms with Crippen molar-refractivity contribution in [3.05, 3.63) is 44.0 Å². The molecule has 1 aromatic rings. The normalized spacial score (nSPS) is 13.5. The molecule has 0 heterocycles. The zero-order valence-electron chi connectivity index (χ0n) is 10.4. The predicted molar refractivity (Wildman–Crippen MR) is 66.4 cm³/mol. The van der Waals surface area contributed by atoms with Crippen molar-refractivity contribution in [2.45, 2.75) is 25.4 Å². The molecular weight excluding hydrogens is 272 g/mol. The summed E-state index contributed by atoms with van der Waals surface area (Å²) >= 11 is 0. The quantitative estimate of drug-likeness (QED) is 0.593. The van der Waals surface area contributed by atoms with Crippen LogP contribution in [0.15, 0.2) is 18.2 Å². The molecule has 0 spiro atoms. The SMILES string of the molecule is CCC(c1c([N+](=O)[O-])cccc1[N+](=O)[O-])C(O)C(=O)O. The van der Waals surface area contributed by atoms with E-state index in [4.69, 9.17) is 5.11 Å². The molecule has 9 heteroatoms. The Morgan fingerprint density at radius 2 is 1.70 bits per heavy atom. The fourth-order valence-corrected chi connectivity index (χ4v) is 2.00. The number of rotatable bonds is 6. The van der Waals surface area contributed by atoms with E-state index in [9.17, 15) is 30.1 Å². The first kappa shape index (κ1) is 15.5. The lowest BCUT2D eigenvalue weighted by molar-refractivity contribution is -0.396. The number of nitro groups is 2. The number of benzene rings is 1. The van der Waals surface area contributed by atoms with Gasteiger partial charge in [-0.15, -0.1) is 0 Å². The number of carboxylic acid groups (broad SMARTS) is 1. The first-order chi connectivity index (χ1) is 9.31. The van der Waals surface area contributed by atoms with E-state index in [1.165, 1.54) is 6.92 Å². The molecule has 1 rings (SSSR count). The molecule has 0 aliphatic carbocycles. The molecule has 0 aromatic heterocycles. The summed E-state index contributed by atoms with van der Waals surface area (Å²) in [6.45, 7) is 1.48. The zero-order valence-corrected chi connectivity index (χ0v) is 10.4. The van der Waals surface area contributed by atoms with E-state index in [2.05, 4.69) is 0 Å². The molecule has 0 aliphatic rings. The number of nitro benzene ring substituents is 2. The van der Waals surface area contributed by atoms with Crippen molar-refractivity contribution in [1.82, 2.24) is 0 Å². The monoisotopic (exact) mass is 284 g/mol. The molecule has 20 heavy (non-hydrogen) atoms. The van der Waals surface area contributed by atoms with E-state index < -0.39 is 39.2 Å². The molecule has 0 bridgehead atoms. The second-order valence-electron chi connectivity index (χ2n) is 4.02. The van der Waals surface area contributed by atoms with Crippen LogP contribution in [0.4, 0.5) is 11.4 Å². The van der Waals surface area contributed by atoms with Crippen LogP contribution in [0, 0.1) is 20.2 Å². The fraction of sp³-hybridized carbons (Fsp3) is 0.364. The van der Waals surface area contributed by atoms with Crippen LogP contribution >= 0.6 is 0 Å². The third kappa shape index (κ3) is 2.88. The molecular formula is C11H12N2O7. The topological polar surface area (TPSA) is 144 Å². The number of hydrogen-bond donors (Lipinski definition) is 2. The third-order valence-electron chi connectivity index (χ3n) is 2.90.